The number of rotatable bonds is 4. The maximum Gasteiger partial charge on any atom is 0.416 e. The number of halogens is 3. The lowest BCUT2D eigenvalue weighted by Gasteiger charge is -2.47. The van der Waals surface area contributed by atoms with Crippen molar-refractivity contribution in [3.63, 3.8) is 0 Å². The first kappa shape index (κ1) is 27.6. The van der Waals surface area contributed by atoms with Gasteiger partial charge in [-0.1, -0.05) is 26.0 Å². The fraction of sp³-hybridized carbons (Fsp3) is 0.481. The van der Waals surface area contributed by atoms with Gasteiger partial charge in [0.05, 0.1) is 23.0 Å². The quantitative estimate of drug-likeness (QED) is 0.540. The highest BCUT2D eigenvalue weighted by atomic mass is 19.4. The molecule has 0 bridgehead atoms. The van der Waals surface area contributed by atoms with Crippen LogP contribution in [0.4, 0.5) is 13.2 Å². The molecule has 0 saturated carbocycles. The van der Waals surface area contributed by atoms with Crippen LogP contribution >= 0.6 is 0 Å². The van der Waals surface area contributed by atoms with Crippen LogP contribution in [0.1, 0.15) is 69.1 Å². The Balaban J connectivity index is 1.67. The second-order valence-electron chi connectivity index (χ2n) is 11.2. The highest BCUT2D eigenvalue weighted by Crippen LogP contribution is 2.32. The lowest BCUT2D eigenvalue weighted by molar-refractivity contribution is -0.152. The number of carbonyl (C=O) groups excluding carboxylic acids is 2. The third-order valence-corrected chi connectivity index (χ3v) is 6.76. The van der Waals surface area contributed by atoms with E-state index in [2.05, 4.69) is 10.1 Å². The monoisotopic (exact) mass is 531 g/mol. The Labute approximate surface area is 219 Å². The van der Waals surface area contributed by atoms with E-state index in [0.29, 0.717) is 16.9 Å². The van der Waals surface area contributed by atoms with Crippen LogP contribution in [0, 0.1) is 0 Å². The standard InChI is InChI=1S/C27H32F3N5O3/c1-16(2)19-13-20(17-7-9-18(10-8-17)27(28,29)30)32-35-14-21(31-22(19)35)23(36)34-12-11-33(15-25(34,3)4)24(37)26(5,6)38/h7-10,13-14,16,38H,11-12,15H2,1-6H3. The average Bonchev–Trinajstić information content (AvgIpc) is 3.25. The van der Waals surface area contributed by atoms with Crippen molar-refractivity contribution in [3.05, 3.63) is 53.3 Å². The molecule has 4 rings (SSSR count). The lowest BCUT2D eigenvalue weighted by atomic mass is 9.96. The number of carbonyl (C=O) groups is 2. The van der Waals surface area contributed by atoms with E-state index < -0.39 is 28.8 Å². The van der Waals surface area contributed by atoms with Crippen LogP contribution in [-0.4, -0.2) is 72.1 Å². The summed E-state index contributed by atoms with van der Waals surface area (Å²) in [5.74, 6) is -0.708. The topological polar surface area (TPSA) is 91.0 Å². The maximum absolute atomic E-state index is 13.6. The van der Waals surface area contributed by atoms with Gasteiger partial charge in [-0.25, -0.2) is 9.50 Å². The number of alkyl halides is 3. The molecular formula is C27H32F3N5O3. The molecule has 1 aliphatic rings. The van der Waals surface area contributed by atoms with Crippen LogP contribution in [0.15, 0.2) is 36.5 Å². The molecule has 38 heavy (non-hydrogen) atoms. The Morgan fingerprint density at radius 1 is 1.08 bits per heavy atom. The summed E-state index contributed by atoms with van der Waals surface area (Å²) >= 11 is 0. The van der Waals surface area contributed by atoms with E-state index in [0.717, 1.165) is 17.7 Å². The van der Waals surface area contributed by atoms with Gasteiger partial charge in [-0.3, -0.25) is 9.59 Å². The van der Waals surface area contributed by atoms with Crippen molar-refractivity contribution in [2.45, 2.75) is 64.8 Å². The molecule has 0 aliphatic carbocycles. The first-order valence-corrected chi connectivity index (χ1v) is 12.4. The van der Waals surface area contributed by atoms with E-state index in [9.17, 15) is 27.9 Å². The summed E-state index contributed by atoms with van der Waals surface area (Å²) in [5.41, 5.74) is -0.517. The molecule has 1 aliphatic heterocycles. The third-order valence-electron chi connectivity index (χ3n) is 6.76. The van der Waals surface area contributed by atoms with Gasteiger partial charge in [-0.15, -0.1) is 0 Å². The van der Waals surface area contributed by atoms with E-state index in [1.807, 2.05) is 27.7 Å². The Morgan fingerprint density at radius 3 is 2.24 bits per heavy atom. The normalized spacial score (nSPS) is 16.4. The first-order chi connectivity index (χ1) is 17.5. The molecule has 0 atom stereocenters. The molecule has 1 fully saturated rings. The van der Waals surface area contributed by atoms with Crippen LogP contribution in [-0.2, 0) is 11.0 Å². The van der Waals surface area contributed by atoms with Crippen molar-refractivity contribution < 1.29 is 27.9 Å². The van der Waals surface area contributed by atoms with E-state index in [1.54, 1.807) is 15.9 Å². The van der Waals surface area contributed by atoms with E-state index in [4.69, 9.17) is 0 Å². The molecule has 1 N–H and O–H groups in total. The van der Waals surface area contributed by atoms with Crippen LogP contribution in [0.5, 0.6) is 0 Å². The molecule has 11 heteroatoms. The van der Waals surface area contributed by atoms with Crippen molar-refractivity contribution in [2.75, 3.05) is 19.6 Å². The number of imidazole rings is 1. The fourth-order valence-corrected chi connectivity index (χ4v) is 4.73. The predicted molar refractivity (Wildman–Crippen MR) is 136 cm³/mol. The minimum atomic E-state index is -4.43. The number of hydrogen-bond donors (Lipinski definition) is 1. The van der Waals surface area contributed by atoms with E-state index in [-0.39, 0.29) is 37.2 Å². The number of aromatic nitrogens is 3. The summed E-state index contributed by atoms with van der Waals surface area (Å²) < 4.78 is 40.5. The van der Waals surface area contributed by atoms with Gasteiger partial charge >= 0.3 is 6.18 Å². The zero-order valence-corrected chi connectivity index (χ0v) is 22.3. The largest absolute Gasteiger partial charge is 0.416 e. The van der Waals surface area contributed by atoms with Gasteiger partial charge in [0, 0.05) is 30.8 Å². The van der Waals surface area contributed by atoms with Crippen molar-refractivity contribution in [2.24, 2.45) is 0 Å². The van der Waals surface area contributed by atoms with Crippen molar-refractivity contribution in [1.29, 1.82) is 0 Å². The smallest absolute Gasteiger partial charge is 0.381 e. The SMILES string of the molecule is CC(C)c1cc(-c2ccc(C(F)(F)F)cc2)nn2cc(C(=O)N3CCN(C(=O)C(C)(C)O)CC3(C)C)nc12. The van der Waals surface area contributed by atoms with Gasteiger partial charge < -0.3 is 14.9 Å². The second-order valence-corrected chi connectivity index (χ2v) is 11.2. The number of benzene rings is 1. The molecule has 2 aromatic heterocycles. The number of piperazine rings is 1. The summed E-state index contributed by atoms with van der Waals surface area (Å²) in [7, 11) is 0. The Bertz CT molecular complexity index is 1370. The Hall–Kier alpha value is -3.47. The number of hydrogen-bond acceptors (Lipinski definition) is 5. The van der Waals surface area contributed by atoms with Gasteiger partial charge in [-0.05, 0) is 51.8 Å². The predicted octanol–water partition coefficient (Wildman–Crippen LogP) is 4.37. The maximum atomic E-state index is 13.6. The van der Waals surface area contributed by atoms with Crippen molar-refractivity contribution in [1.82, 2.24) is 24.4 Å². The molecular weight excluding hydrogens is 499 g/mol. The van der Waals surface area contributed by atoms with Gasteiger partial charge in [-0.2, -0.15) is 18.3 Å². The zero-order chi connectivity index (χ0) is 28.2. The van der Waals surface area contributed by atoms with E-state index >= 15 is 0 Å². The van der Waals surface area contributed by atoms with Crippen LogP contribution in [0.3, 0.4) is 0 Å². The fourth-order valence-electron chi connectivity index (χ4n) is 4.73. The summed E-state index contributed by atoms with van der Waals surface area (Å²) in [6.07, 6.45) is -2.90. The molecule has 2 amide bonds. The summed E-state index contributed by atoms with van der Waals surface area (Å²) in [4.78, 5) is 34.0. The van der Waals surface area contributed by atoms with Crippen LogP contribution in [0.2, 0.25) is 0 Å². The number of fused-ring (bicyclic) bond motifs is 1. The first-order valence-electron chi connectivity index (χ1n) is 12.4. The lowest BCUT2D eigenvalue weighted by Crippen LogP contribution is -2.64. The number of nitrogens with zero attached hydrogens (tertiary/aromatic N) is 5. The molecule has 204 valence electrons. The van der Waals surface area contributed by atoms with Gasteiger partial charge in [0.25, 0.3) is 11.8 Å². The molecule has 0 radical (unpaired) electrons. The highest BCUT2D eigenvalue weighted by molar-refractivity contribution is 5.94. The van der Waals surface area contributed by atoms with Crippen molar-refractivity contribution in [3.8, 4) is 11.3 Å². The summed E-state index contributed by atoms with van der Waals surface area (Å²) in [6, 6.07) is 6.57. The molecule has 0 unspecified atom stereocenters. The molecule has 1 saturated heterocycles. The Morgan fingerprint density at radius 2 is 1.71 bits per heavy atom. The molecule has 8 nitrogen and oxygen atoms in total. The Kier molecular flexibility index (Phi) is 6.80. The summed E-state index contributed by atoms with van der Waals surface area (Å²) in [5, 5.41) is 14.7. The van der Waals surface area contributed by atoms with Crippen molar-refractivity contribution >= 4 is 17.5 Å². The number of amides is 2. The summed E-state index contributed by atoms with van der Waals surface area (Å²) in [6.45, 7) is 11.3. The molecule has 3 heterocycles. The molecule has 1 aromatic carbocycles. The van der Waals surface area contributed by atoms with Gasteiger partial charge in [0.2, 0.25) is 0 Å². The van der Waals surface area contributed by atoms with Gasteiger partial charge in [0.1, 0.15) is 11.3 Å². The molecule has 3 aromatic rings. The van der Waals surface area contributed by atoms with Crippen LogP contribution < -0.4 is 0 Å². The highest BCUT2D eigenvalue weighted by Gasteiger charge is 2.42. The second kappa shape index (κ2) is 9.37. The third kappa shape index (κ3) is 5.24. The van der Waals surface area contributed by atoms with E-state index in [1.165, 1.54) is 36.7 Å². The minimum absolute atomic E-state index is 0.00637. The van der Waals surface area contributed by atoms with Gasteiger partial charge in [0.15, 0.2) is 5.65 Å². The molecule has 0 spiro atoms. The zero-order valence-electron chi connectivity index (χ0n) is 22.3. The van der Waals surface area contributed by atoms with Crippen LogP contribution in [0.25, 0.3) is 16.9 Å². The minimum Gasteiger partial charge on any atom is -0.381 e. The number of aliphatic hydroxyl groups is 1. The average molecular weight is 532 g/mol.